The lowest BCUT2D eigenvalue weighted by Gasteiger charge is -2.13. The minimum Gasteiger partial charge on any atom is -0.469 e. The molecule has 4 aromatic rings. The highest BCUT2D eigenvalue weighted by Crippen LogP contribution is 2.27. The zero-order valence-corrected chi connectivity index (χ0v) is 14.8. The first-order valence-electron chi connectivity index (χ1n) is 8.46. The van der Waals surface area contributed by atoms with Crippen molar-refractivity contribution in [3.05, 3.63) is 72.3 Å². The van der Waals surface area contributed by atoms with Gasteiger partial charge in [-0.3, -0.25) is 4.98 Å². The molecule has 0 unspecified atom stereocenters. The average molecular weight is 344 g/mol. The molecule has 5 heteroatoms. The lowest BCUT2D eigenvalue weighted by atomic mass is 10.1. The van der Waals surface area contributed by atoms with Gasteiger partial charge >= 0.3 is 0 Å². The second kappa shape index (κ2) is 6.52. The summed E-state index contributed by atoms with van der Waals surface area (Å²) in [4.78, 5) is 11.4. The van der Waals surface area contributed by atoms with Crippen molar-refractivity contribution in [2.45, 2.75) is 6.42 Å². The third-order valence-corrected chi connectivity index (χ3v) is 4.39. The van der Waals surface area contributed by atoms with Crippen molar-refractivity contribution in [3.8, 4) is 11.3 Å². The summed E-state index contributed by atoms with van der Waals surface area (Å²) >= 11 is 0. The standard InChI is InChI=1S/C21H20N4O/c1-25(2)16-8-5-14(6-9-16)19-13-20-18(21(22)24-19)10-7-15(23-20)12-17-4-3-11-26-17/h3-11,13H,12H2,1-2H3,(H2,22,24). The number of aromatic nitrogens is 2. The maximum Gasteiger partial charge on any atom is 0.133 e. The SMILES string of the molecule is CN(C)c1ccc(-c2cc3nc(Cc4ccco4)ccc3c(N)n2)cc1. The number of nitrogen functional groups attached to an aromatic ring is 1. The lowest BCUT2D eigenvalue weighted by molar-refractivity contribution is 0.519. The quantitative estimate of drug-likeness (QED) is 0.603. The monoisotopic (exact) mass is 344 g/mol. The van der Waals surface area contributed by atoms with Crippen LogP contribution in [0.3, 0.4) is 0 Å². The second-order valence-corrected chi connectivity index (χ2v) is 6.46. The molecular formula is C21H20N4O. The minimum absolute atomic E-state index is 0.492. The number of rotatable bonds is 4. The third-order valence-electron chi connectivity index (χ3n) is 4.39. The van der Waals surface area contributed by atoms with Crippen LogP contribution in [0.15, 0.2) is 65.3 Å². The molecule has 4 rings (SSSR count). The van der Waals surface area contributed by atoms with Crippen molar-refractivity contribution in [2.24, 2.45) is 0 Å². The van der Waals surface area contributed by atoms with E-state index >= 15 is 0 Å². The maximum absolute atomic E-state index is 6.18. The van der Waals surface area contributed by atoms with Crippen LogP contribution in [0.4, 0.5) is 11.5 Å². The van der Waals surface area contributed by atoms with Gasteiger partial charge in [-0.2, -0.15) is 0 Å². The van der Waals surface area contributed by atoms with E-state index in [9.17, 15) is 0 Å². The predicted octanol–water partition coefficient (Wildman–Crippen LogP) is 4.13. The molecule has 0 fully saturated rings. The van der Waals surface area contributed by atoms with E-state index in [4.69, 9.17) is 15.1 Å². The molecule has 0 aliphatic carbocycles. The molecule has 3 aromatic heterocycles. The van der Waals surface area contributed by atoms with Gasteiger partial charge in [-0.25, -0.2) is 4.98 Å². The van der Waals surface area contributed by atoms with Gasteiger partial charge in [0.05, 0.1) is 17.5 Å². The minimum atomic E-state index is 0.492. The van der Waals surface area contributed by atoms with Gasteiger partial charge in [-0.15, -0.1) is 0 Å². The Balaban J connectivity index is 1.73. The molecule has 130 valence electrons. The number of nitrogens with zero attached hydrogens (tertiary/aromatic N) is 3. The van der Waals surface area contributed by atoms with Gasteiger partial charge in [0, 0.05) is 42.8 Å². The van der Waals surface area contributed by atoms with Crippen molar-refractivity contribution < 1.29 is 4.42 Å². The summed E-state index contributed by atoms with van der Waals surface area (Å²) in [7, 11) is 4.04. The van der Waals surface area contributed by atoms with Crippen molar-refractivity contribution in [2.75, 3.05) is 24.7 Å². The number of fused-ring (bicyclic) bond motifs is 1. The third kappa shape index (κ3) is 3.11. The van der Waals surface area contributed by atoms with Crippen molar-refractivity contribution in [3.63, 3.8) is 0 Å². The highest BCUT2D eigenvalue weighted by Gasteiger charge is 2.09. The van der Waals surface area contributed by atoms with Crippen LogP contribution in [-0.4, -0.2) is 24.1 Å². The summed E-state index contributed by atoms with van der Waals surface area (Å²) in [6, 6.07) is 18.0. The zero-order chi connectivity index (χ0) is 18.1. The molecular weight excluding hydrogens is 324 g/mol. The van der Waals surface area contributed by atoms with E-state index in [0.29, 0.717) is 12.2 Å². The van der Waals surface area contributed by atoms with E-state index in [2.05, 4.69) is 34.1 Å². The van der Waals surface area contributed by atoms with Crippen LogP contribution in [0.2, 0.25) is 0 Å². The van der Waals surface area contributed by atoms with E-state index in [1.165, 1.54) is 0 Å². The Morgan fingerprint density at radius 3 is 2.50 bits per heavy atom. The van der Waals surface area contributed by atoms with E-state index in [1.807, 2.05) is 44.4 Å². The summed E-state index contributed by atoms with van der Waals surface area (Å²) in [6.07, 6.45) is 2.33. The molecule has 1 aromatic carbocycles. The summed E-state index contributed by atoms with van der Waals surface area (Å²) < 4.78 is 5.42. The number of pyridine rings is 2. The van der Waals surface area contributed by atoms with Crippen LogP contribution < -0.4 is 10.6 Å². The highest BCUT2D eigenvalue weighted by molar-refractivity contribution is 5.91. The van der Waals surface area contributed by atoms with Gasteiger partial charge in [0.2, 0.25) is 0 Å². The number of hydrogen-bond acceptors (Lipinski definition) is 5. The Morgan fingerprint density at radius 2 is 1.81 bits per heavy atom. The molecule has 0 aliphatic rings. The Morgan fingerprint density at radius 1 is 1.00 bits per heavy atom. The smallest absolute Gasteiger partial charge is 0.133 e. The molecule has 0 atom stereocenters. The van der Waals surface area contributed by atoms with Gasteiger partial charge in [-0.05, 0) is 42.5 Å². The van der Waals surface area contributed by atoms with E-state index in [0.717, 1.165) is 39.3 Å². The number of nitrogens with two attached hydrogens (primary N) is 1. The Bertz CT molecular complexity index is 1040. The van der Waals surface area contributed by atoms with Crippen LogP contribution in [0, 0.1) is 0 Å². The molecule has 0 saturated heterocycles. The summed E-state index contributed by atoms with van der Waals surface area (Å²) in [6.45, 7) is 0. The van der Waals surface area contributed by atoms with Crippen LogP contribution in [0.1, 0.15) is 11.5 Å². The van der Waals surface area contributed by atoms with Gasteiger partial charge < -0.3 is 15.1 Å². The second-order valence-electron chi connectivity index (χ2n) is 6.46. The predicted molar refractivity (Wildman–Crippen MR) is 105 cm³/mol. The number of hydrogen-bond donors (Lipinski definition) is 1. The lowest BCUT2D eigenvalue weighted by Crippen LogP contribution is -2.08. The highest BCUT2D eigenvalue weighted by atomic mass is 16.3. The van der Waals surface area contributed by atoms with Crippen LogP contribution in [0.25, 0.3) is 22.2 Å². The molecule has 0 radical (unpaired) electrons. The fourth-order valence-corrected chi connectivity index (χ4v) is 2.96. The van der Waals surface area contributed by atoms with Gasteiger partial charge in [0.25, 0.3) is 0 Å². The summed E-state index contributed by atoms with van der Waals surface area (Å²) in [5, 5.41) is 0.863. The molecule has 0 spiro atoms. The maximum atomic E-state index is 6.18. The van der Waals surface area contributed by atoms with E-state index in [1.54, 1.807) is 6.26 Å². The van der Waals surface area contributed by atoms with Crippen LogP contribution in [-0.2, 0) is 6.42 Å². The largest absolute Gasteiger partial charge is 0.469 e. The van der Waals surface area contributed by atoms with Crippen LogP contribution in [0.5, 0.6) is 0 Å². The van der Waals surface area contributed by atoms with Gasteiger partial charge in [-0.1, -0.05) is 12.1 Å². The normalized spacial score (nSPS) is 11.0. The summed E-state index contributed by atoms with van der Waals surface area (Å²) in [5.41, 5.74) is 10.9. The number of benzene rings is 1. The first-order valence-corrected chi connectivity index (χ1v) is 8.46. The van der Waals surface area contributed by atoms with Crippen LogP contribution >= 0.6 is 0 Å². The topological polar surface area (TPSA) is 68.2 Å². The molecule has 0 aliphatic heterocycles. The van der Waals surface area contributed by atoms with Crippen molar-refractivity contribution in [1.82, 2.24) is 9.97 Å². The number of furan rings is 1. The first-order chi connectivity index (χ1) is 12.6. The average Bonchev–Trinajstić information content (AvgIpc) is 3.14. The Hall–Kier alpha value is -3.34. The Labute approximate surface area is 152 Å². The molecule has 3 heterocycles. The molecule has 0 bridgehead atoms. The zero-order valence-electron chi connectivity index (χ0n) is 14.8. The molecule has 26 heavy (non-hydrogen) atoms. The van der Waals surface area contributed by atoms with Crippen molar-refractivity contribution in [1.29, 1.82) is 0 Å². The fraction of sp³-hybridized carbons (Fsp3) is 0.143. The van der Waals surface area contributed by atoms with Gasteiger partial charge in [0.1, 0.15) is 11.6 Å². The number of anilines is 2. The van der Waals surface area contributed by atoms with Crippen molar-refractivity contribution >= 4 is 22.4 Å². The molecule has 2 N–H and O–H groups in total. The molecule has 0 amide bonds. The fourth-order valence-electron chi connectivity index (χ4n) is 2.96. The first kappa shape index (κ1) is 16.1. The summed E-state index contributed by atoms with van der Waals surface area (Å²) in [5.74, 6) is 1.38. The Kier molecular flexibility index (Phi) is 4.05. The van der Waals surface area contributed by atoms with Gasteiger partial charge in [0.15, 0.2) is 0 Å². The molecule has 0 saturated carbocycles. The van der Waals surface area contributed by atoms with E-state index < -0.39 is 0 Å². The molecule has 5 nitrogen and oxygen atoms in total. The van der Waals surface area contributed by atoms with E-state index in [-0.39, 0.29) is 0 Å².